The Kier molecular flexibility index (Phi) is 6.17. The molecule has 0 atom stereocenters. The average Bonchev–Trinajstić information content (AvgIpc) is 2.70. The Morgan fingerprint density at radius 3 is 2.54 bits per heavy atom. The van der Waals surface area contributed by atoms with Gasteiger partial charge in [-0.1, -0.05) is 6.07 Å². The number of hydrogen-bond donors (Lipinski definition) is 1. The highest BCUT2D eigenvalue weighted by Crippen LogP contribution is 2.28. The van der Waals surface area contributed by atoms with E-state index in [1.807, 2.05) is 19.1 Å². The van der Waals surface area contributed by atoms with Gasteiger partial charge in [-0.25, -0.2) is 18.1 Å². The number of sulfonamides is 1. The molecule has 1 N–H and O–H groups in total. The Bertz CT molecular complexity index is 960. The standard InChI is InChI=1S/C20H23N3O4S/c1-14-3-9-18(26-2)19(11-14)28(24,25)23-16-5-7-17(8-6-16)27-20-10-4-15(12-21)13-22-20/h3-4,9-11,13,16-17,23H,5-8H2,1-2H3. The lowest BCUT2D eigenvalue weighted by Crippen LogP contribution is -2.39. The van der Waals surface area contributed by atoms with Gasteiger partial charge in [-0.3, -0.25) is 0 Å². The van der Waals surface area contributed by atoms with E-state index in [2.05, 4.69) is 9.71 Å². The fourth-order valence-corrected chi connectivity index (χ4v) is 4.82. The largest absolute Gasteiger partial charge is 0.495 e. The van der Waals surface area contributed by atoms with E-state index in [-0.39, 0.29) is 17.0 Å². The zero-order chi connectivity index (χ0) is 20.1. The van der Waals surface area contributed by atoms with Gasteiger partial charge in [-0.05, 0) is 56.4 Å². The molecule has 1 aromatic carbocycles. The normalized spacial score (nSPS) is 19.6. The molecule has 8 heteroatoms. The molecule has 148 valence electrons. The highest BCUT2D eigenvalue weighted by atomic mass is 32.2. The molecule has 1 aliphatic carbocycles. The lowest BCUT2D eigenvalue weighted by molar-refractivity contribution is 0.138. The Morgan fingerprint density at radius 2 is 1.93 bits per heavy atom. The first-order valence-electron chi connectivity index (χ1n) is 9.11. The molecular formula is C20H23N3O4S. The van der Waals surface area contributed by atoms with Gasteiger partial charge in [0.2, 0.25) is 15.9 Å². The van der Waals surface area contributed by atoms with Crippen molar-refractivity contribution in [3.8, 4) is 17.7 Å². The summed E-state index contributed by atoms with van der Waals surface area (Å²) < 4.78 is 39.5. The first-order valence-corrected chi connectivity index (χ1v) is 10.6. The van der Waals surface area contributed by atoms with Gasteiger partial charge in [0.05, 0.1) is 12.7 Å². The molecule has 0 aliphatic heterocycles. The molecule has 0 unspecified atom stereocenters. The molecule has 0 spiro atoms. The van der Waals surface area contributed by atoms with Crippen molar-refractivity contribution in [3.63, 3.8) is 0 Å². The van der Waals surface area contributed by atoms with Crippen LogP contribution < -0.4 is 14.2 Å². The summed E-state index contributed by atoms with van der Waals surface area (Å²) in [5.41, 5.74) is 1.34. The Balaban J connectivity index is 1.59. The fourth-order valence-electron chi connectivity index (χ4n) is 3.26. The number of aryl methyl sites for hydroxylation is 1. The Hall–Kier alpha value is -2.63. The van der Waals surface area contributed by atoms with Crippen molar-refractivity contribution >= 4 is 10.0 Å². The van der Waals surface area contributed by atoms with E-state index in [9.17, 15) is 8.42 Å². The minimum absolute atomic E-state index is 0.0188. The van der Waals surface area contributed by atoms with Gasteiger partial charge in [0.1, 0.15) is 22.8 Å². The number of nitrogens with one attached hydrogen (secondary N) is 1. The molecule has 0 amide bonds. The molecule has 2 aromatic rings. The number of hydrogen-bond acceptors (Lipinski definition) is 6. The summed E-state index contributed by atoms with van der Waals surface area (Å²) in [6.45, 7) is 1.85. The summed E-state index contributed by atoms with van der Waals surface area (Å²) >= 11 is 0. The molecule has 3 rings (SSSR count). The van der Waals surface area contributed by atoms with Crippen molar-refractivity contribution in [2.75, 3.05) is 7.11 Å². The third kappa shape index (κ3) is 4.80. The van der Waals surface area contributed by atoms with E-state index in [0.29, 0.717) is 30.0 Å². The van der Waals surface area contributed by atoms with Gasteiger partial charge in [0.25, 0.3) is 0 Å². The van der Waals surface area contributed by atoms with Crippen molar-refractivity contribution in [2.45, 2.75) is 49.6 Å². The van der Waals surface area contributed by atoms with Crippen molar-refractivity contribution in [1.29, 1.82) is 5.26 Å². The maximum atomic E-state index is 12.8. The zero-order valence-electron chi connectivity index (χ0n) is 15.9. The maximum Gasteiger partial charge on any atom is 0.244 e. The minimum atomic E-state index is -3.67. The van der Waals surface area contributed by atoms with Crippen LogP contribution in [-0.4, -0.2) is 32.7 Å². The van der Waals surface area contributed by atoms with Gasteiger partial charge in [-0.15, -0.1) is 0 Å². The maximum absolute atomic E-state index is 12.8. The van der Waals surface area contributed by atoms with Crippen LogP contribution in [0.5, 0.6) is 11.6 Å². The van der Waals surface area contributed by atoms with Gasteiger partial charge >= 0.3 is 0 Å². The highest BCUT2D eigenvalue weighted by Gasteiger charge is 2.28. The lowest BCUT2D eigenvalue weighted by Gasteiger charge is -2.29. The van der Waals surface area contributed by atoms with Crippen molar-refractivity contribution in [1.82, 2.24) is 9.71 Å². The molecule has 28 heavy (non-hydrogen) atoms. The summed E-state index contributed by atoms with van der Waals surface area (Å²) in [5.74, 6) is 0.814. The minimum Gasteiger partial charge on any atom is -0.495 e. The molecular weight excluding hydrogens is 378 g/mol. The summed E-state index contributed by atoms with van der Waals surface area (Å²) in [5, 5.41) is 8.81. The number of rotatable bonds is 6. The monoisotopic (exact) mass is 401 g/mol. The van der Waals surface area contributed by atoms with Crippen molar-refractivity contribution in [3.05, 3.63) is 47.7 Å². The first kappa shape index (κ1) is 20.1. The SMILES string of the molecule is COc1ccc(C)cc1S(=O)(=O)NC1CCC(Oc2ccc(C#N)cn2)CC1. The second-order valence-corrected chi connectivity index (χ2v) is 8.55. The van der Waals surface area contributed by atoms with E-state index in [1.54, 1.807) is 24.3 Å². The smallest absolute Gasteiger partial charge is 0.244 e. The predicted molar refractivity (Wildman–Crippen MR) is 104 cm³/mol. The second kappa shape index (κ2) is 8.59. The van der Waals surface area contributed by atoms with Gasteiger partial charge in [0, 0.05) is 18.3 Å². The topological polar surface area (TPSA) is 101 Å². The molecule has 7 nitrogen and oxygen atoms in total. The van der Waals surface area contributed by atoms with E-state index in [0.717, 1.165) is 18.4 Å². The van der Waals surface area contributed by atoms with Crippen LogP contribution in [0.3, 0.4) is 0 Å². The number of ether oxygens (including phenoxy) is 2. The average molecular weight is 401 g/mol. The number of nitrogens with zero attached hydrogens (tertiary/aromatic N) is 2. The molecule has 0 bridgehead atoms. The number of methoxy groups -OCH3 is 1. The van der Waals surface area contributed by atoms with E-state index < -0.39 is 10.0 Å². The highest BCUT2D eigenvalue weighted by molar-refractivity contribution is 7.89. The van der Waals surface area contributed by atoms with E-state index >= 15 is 0 Å². The molecule has 1 heterocycles. The molecule has 0 saturated heterocycles. The van der Waals surface area contributed by atoms with Crippen LogP contribution >= 0.6 is 0 Å². The fraction of sp³-hybridized carbons (Fsp3) is 0.400. The van der Waals surface area contributed by atoms with Crippen LogP contribution in [0.15, 0.2) is 41.4 Å². The van der Waals surface area contributed by atoms with Crippen LogP contribution in [0, 0.1) is 18.3 Å². The van der Waals surface area contributed by atoms with E-state index in [4.69, 9.17) is 14.7 Å². The third-order valence-electron chi connectivity index (χ3n) is 4.76. The Labute approximate surface area is 165 Å². The molecule has 1 aromatic heterocycles. The van der Waals surface area contributed by atoms with Crippen LogP contribution in [0.1, 0.15) is 36.8 Å². The molecule has 0 radical (unpaired) electrons. The Morgan fingerprint density at radius 1 is 1.18 bits per heavy atom. The molecule has 1 aliphatic rings. The van der Waals surface area contributed by atoms with E-state index in [1.165, 1.54) is 13.3 Å². The van der Waals surface area contributed by atoms with Gasteiger partial charge < -0.3 is 9.47 Å². The summed E-state index contributed by atoms with van der Waals surface area (Å²) in [4.78, 5) is 4.28. The van der Waals surface area contributed by atoms with Crippen LogP contribution in [0.4, 0.5) is 0 Å². The van der Waals surface area contributed by atoms with Gasteiger partial charge in [-0.2, -0.15) is 5.26 Å². The predicted octanol–water partition coefficient (Wildman–Crippen LogP) is 2.94. The van der Waals surface area contributed by atoms with Crippen LogP contribution in [-0.2, 0) is 10.0 Å². The summed E-state index contributed by atoms with van der Waals surface area (Å²) in [6, 6.07) is 10.3. The second-order valence-electron chi connectivity index (χ2n) is 6.86. The van der Waals surface area contributed by atoms with Crippen molar-refractivity contribution < 1.29 is 17.9 Å². The van der Waals surface area contributed by atoms with Crippen LogP contribution in [0.2, 0.25) is 0 Å². The summed E-state index contributed by atoms with van der Waals surface area (Å²) in [7, 11) is -2.21. The molecule has 1 fully saturated rings. The quantitative estimate of drug-likeness (QED) is 0.799. The third-order valence-corrected chi connectivity index (χ3v) is 6.30. The number of benzene rings is 1. The number of pyridine rings is 1. The summed E-state index contributed by atoms with van der Waals surface area (Å²) in [6.07, 6.45) is 4.25. The zero-order valence-corrected chi connectivity index (χ0v) is 16.7. The van der Waals surface area contributed by atoms with Gasteiger partial charge in [0.15, 0.2) is 0 Å². The van der Waals surface area contributed by atoms with Crippen LogP contribution in [0.25, 0.3) is 0 Å². The first-order chi connectivity index (χ1) is 13.4. The number of nitriles is 1. The number of aromatic nitrogens is 1. The lowest BCUT2D eigenvalue weighted by atomic mass is 9.94. The molecule has 1 saturated carbocycles. The van der Waals surface area contributed by atoms with Crippen molar-refractivity contribution in [2.24, 2.45) is 0 Å².